The number of amides is 12. The van der Waals surface area contributed by atoms with E-state index in [4.69, 9.17) is 11.5 Å². The number of rotatable bonds is 43. The van der Waals surface area contributed by atoms with Gasteiger partial charge in [-0.15, -0.1) is 0 Å². The number of primary amides is 1. The summed E-state index contributed by atoms with van der Waals surface area (Å²) >= 11 is 0. The van der Waals surface area contributed by atoms with Gasteiger partial charge in [-0.1, -0.05) is 82.6 Å². The highest BCUT2D eigenvalue weighted by Gasteiger charge is 2.42. The minimum absolute atomic E-state index is 0.0272. The minimum Gasteiger partial charge on any atom is -0.481 e. The maximum absolute atomic E-state index is 15.1. The summed E-state index contributed by atoms with van der Waals surface area (Å²) in [5, 5.41) is 56.8. The molecule has 1 aliphatic rings. The zero-order valence-corrected chi connectivity index (χ0v) is 59.6. The van der Waals surface area contributed by atoms with Gasteiger partial charge in [0.15, 0.2) is 0 Å². The van der Waals surface area contributed by atoms with Crippen LogP contribution in [0, 0.1) is 11.8 Å². The molecule has 564 valence electrons. The van der Waals surface area contributed by atoms with Gasteiger partial charge in [0.1, 0.15) is 66.5 Å². The van der Waals surface area contributed by atoms with Crippen LogP contribution >= 0.6 is 0 Å². The molecule has 12 amide bonds. The summed E-state index contributed by atoms with van der Waals surface area (Å²) in [6, 6.07) is -0.861. The van der Waals surface area contributed by atoms with Gasteiger partial charge in [-0.05, 0) is 87.4 Å². The Morgan fingerprint density at radius 2 is 1.19 bits per heavy atom. The summed E-state index contributed by atoms with van der Waals surface area (Å²) in [5.74, 6) is -15.6. The summed E-state index contributed by atoms with van der Waals surface area (Å²) in [7, 11) is -1.41. The number of nitrogens with one attached hydrogen (secondary N) is 12. The topological polar surface area (TPSA) is 537 Å². The number of carboxylic acids is 2. The first kappa shape index (κ1) is 83.5. The Labute approximate surface area is 597 Å². The van der Waals surface area contributed by atoms with Gasteiger partial charge >= 0.3 is 11.9 Å². The summed E-state index contributed by atoms with van der Waals surface area (Å²) in [6.07, 6.45) is 2.90. The molecule has 3 heterocycles. The number of benzene rings is 2. The maximum Gasteiger partial charge on any atom is 0.326 e. The Kier molecular flexibility index (Phi) is 33.3. The molecule has 5 rings (SSSR count). The van der Waals surface area contributed by atoms with Crippen molar-refractivity contribution < 1.29 is 86.7 Å². The number of aromatic nitrogens is 3. The Morgan fingerprint density at radius 1 is 0.631 bits per heavy atom. The van der Waals surface area contributed by atoms with E-state index in [9.17, 15) is 81.9 Å². The van der Waals surface area contributed by atoms with E-state index in [-0.39, 0.29) is 63.7 Å². The third kappa shape index (κ3) is 26.3. The van der Waals surface area contributed by atoms with Gasteiger partial charge in [-0.25, -0.2) is 9.78 Å². The molecule has 0 bridgehead atoms. The zero-order valence-electron chi connectivity index (χ0n) is 58.7. The van der Waals surface area contributed by atoms with Gasteiger partial charge in [-0.2, -0.15) is 0 Å². The molecular formula is C68H98N16O18S. The highest BCUT2D eigenvalue weighted by molar-refractivity contribution is 7.84. The van der Waals surface area contributed by atoms with Crippen molar-refractivity contribution in [3.05, 3.63) is 90.1 Å². The summed E-state index contributed by atoms with van der Waals surface area (Å²) in [5.41, 5.74) is 13.5. The van der Waals surface area contributed by atoms with Gasteiger partial charge in [0.25, 0.3) is 0 Å². The lowest BCUT2D eigenvalue weighted by Crippen LogP contribution is -2.63. The minimum atomic E-state index is -1.86. The Balaban J connectivity index is 1.39. The molecule has 4 aromatic rings. The Bertz CT molecular complexity index is 3630. The second kappa shape index (κ2) is 41.1. The molecular weight excluding hydrogens is 1360 g/mol. The molecule has 14 atom stereocenters. The van der Waals surface area contributed by atoms with Crippen LogP contribution in [0.5, 0.6) is 0 Å². The first-order valence-corrected chi connectivity index (χ1v) is 35.8. The van der Waals surface area contributed by atoms with E-state index < -0.39 is 197 Å². The van der Waals surface area contributed by atoms with Crippen molar-refractivity contribution in [1.82, 2.24) is 73.0 Å². The summed E-state index contributed by atoms with van der Waals surface area (Å²) in [4.78, 5) is 204. The van der Waals surface area contributed by atoms with Crippen molar-refractivity contribution in [1.29, 1.82) is 0 Å². The normalized spacial score (nSPS) is 16.6. The van der Waals surface area contributed by atoms with E-state index in [2.05, 4.69) is 68.1 Å². The monoisotopic (exact) mass is 1460 g/mol. The average Bonchev–Trinajstić information content (AvgIpc) is 1.74. The molecule has 35 heteroatoms. The first-order valence-electron chi connectivity index (χ1n) is 34.1. The molecule has 0 saturated carbocycles. The van der Waals surface area contributed by atoms with Gasteiger partial charge in [-0.3, -0.25) is 66.5 Å². The first-order chi connectivity index (χ1) is 48.8. The van der Waals surface area contributed by atoms with Crippen molar-refractivity contribution in [2.24, 2.45) is 23.3 Å². The van der Waals surface area contributed by atoms with Crippen LogP contribution in [0.15, 0.2) is 73.3 Å². The van der Waals surface area contributed by atoms with E-state index in [1.165, 1.54) is 37.5 Å². The van der Waals surface area contributed by atoms with Crippen LogP contribution in [0.4, 0.5) is 0 Å². The van der Waals surface area contributed by atoms with Gasteiger partial charge in [0.05, 0.1) is 18.9 Å². The highest BCUT2D eigenvalue weighted by Crippen LogP contribution is 2.23. The molecule has 1 unspecified atom stereocenters. The van der Waals surface area contributed by atoms with Crippen molar-refractivity contribution in [2.75, 3.05) is 25.1 Å². The number of carbonyl (C=O) groups excluding carboxylic acids is 12. The standard InChI is InChI=1S/C68H98N16O18S/c1-8-37(4)56(82-66(98)57(38(5)85)83-64(96)55(36(2)3)81-62(94)50(32-54(88)89)78-59(91)46(74-39(6)86)25-28-103(7)102)65(97)75-45(23-24-53(70)87)58(90)80-51(31-42-34-71-35-73-42)67(99)84-27-16-22-52(84)63(95)79-49(30-41-33-72-44-20-13-12-19-43(41)44)61(93)77-48(29-40-17-10-9-11-18-40)60(92)76-47(68(100)101)21-14-15-26-69/h9-13,17-20,33-38,45-52,55-57,72,85H,8,14-16,21-32,69H2,1-7H3,(H2,70,87)(H,71,73)(H,74,86)(H,75,97)(H,76,92)(H,77,93)(H,78,91)(H,79,95)(H,80,90)(H,81,94)(H,82,98)(H,83,96)(H,88,89)(H,100,101)/t37-,38+,45-,46-,47-,48-,49-,50-,51-,52-,55-,56-,57-,103?/m0/s1. The molecule has 1 fully saturated rings. The fourth-order valence-corrected chi connectivity index (χ4v) is 12.2. The van der Waals surface area contributed by atoms with E-state index in [1.807, 2.05) is 12.1 Å². The lowest BCUT2D eigenvalue weighted by molar-refractivity contribution is -0.143. The molecule has 34 nitrogen and oxygen atoms in total. The number of carboxylic acid groups (broad SMARTS) is 2. The van der Waals surface area contributed by atoms with E-state index in [0.717, 1.165) is 13.8 Å². The number of aliphatic carboxylic acids is 2. The number of aromatic amines is 2. The van der Waals surface area contributed by atoms with Gasteiger partial charge in [0, 0.05) is 91.0 Å². The number of hydrogen-bond acceptors (Lipinski definition) is 18. The number of unbranched alkanes of at least 4 members (excludes halogenated alkanes) is 1. The van der Waals surface area contributed by atoms with Crippen LogP contribution in [-0.2, 0) is 97.2 Å². The lowest BCUT2D eigenvalue weighted by Gasteiger charge is -2.32. The average molecular weight is 1460 g/mol. The van der Waals surface area contributed by atoms with E-state index in [0.29, 0.717) is 47.1 Å². The molecule has 2 aromatic heterocycles. The number of nitrogens with two attached hydrogens (primary N) is 2. The number of likely N-dealkylation sites (tertiary alicyclic amines) is 1. The lowest BCUT2D eigenvalue weighted by atomic mass is 9.96. The van der Waals surface area contributed by atoms with Crippen molar-refractivity contribution >= 4 is 105 Å². The maximum atomic E-state index is 15.1. The molecule has 19 N–H and O–H groups in total. The number of H-pyrrole nitrogens is 2. The van der Waals surface area contributed by atoms with Gasteiger partial charge < -0.3 is 94.8 Å². The number of nitrogens with zero attached hydrogens (tertiary/aromatic N) is 2. The molecule has 1 aliphatic heterocycles. The van der Waals surface area contributed by atoms with Gasteiger partial charge in [0.2, 0.25) is 70.9 Å². The number of imidazole rings is 1. The smallest absolute Gasteiger partial charge is 0.326 e. The number of carbonyl (C=O) groups is 14. The predicted octanol–water partition coefficient (Wildman–Crippen LogP) is -2.42. The van der Waals surface area contributed by atoms with Crippen LogP contribution in [0.25, 0.3) is 10.9 Å². The zero-order chi connectivity index (χ0) is 76.2. The van der Waals surface area contributed by atoms with Crippen LogP contribution < -0.4 is 64.6 Å². The number of para-hydroxylation sites is 1. The summed E-state index contributed by atoms with van der Waals surface area (Å²) in [6.45, 7) is 8.70. The second-order valence-electron chi connectivity index (χ2n) is 26.0. The number of aliphatic hydroxyl groups is 1. The molecule has 0 spiro atoms. The molecule has 0 radical (unpaired) electrons. The van der Waals surface area contributed by atoms with Crippen LogP contribution in [0.1, 0.15) is 123 Å². The third-order valence-electron chi connectivity index (χ3n) is 17.5. The SMILES string of the molecule is CC[C@H](C)[C@H](NC(=O)[C@@H](NC(=O)[C@@H](NC(=O)[C@H](CC(=O)O)NC(=O)[C@H](CCS(C)=O)NC(C)=O)C(C)C)[C@@H](C)O)C(=O)N[C@@H](CCC(N)=O)C(=O)N[C@@H](Cc1cnc[nH]1)C(=O)N1CCC[C@H]1C(=O)N[C@@H](Cc1c[nH]c2ccccc12)C(=O)N[C@@H](Cc1ccccc1)C(=O)N[C@@H](CCCCN)C(=O)O. The molecule has 1 saturated heterocycles. The molecule has 2 aromatic carbocycles. The van der Waals surface area contributed by atoms with Crippen molar-refractivity contribution in [3.8, 4) is 0 Å². The van der Waals surface area contributed by atoms with Crippen molar-refractivity contribution in [2.45, 2.75) is 198 Å². The Hall–Kier alpha value is -10.2. The Morgan fingerprint density at radius 3 is 1.79 bits per heavy atom. The molecule has 103 heavy (non-hydrogen) atoms. The van der Waals surface area contributed by atoms with Crippen LogP contribution in [-0.4, -0.2) is 220 Å². The fraction of sp³-hybridized carbons (Fsp3) is 0.544. The number of fused-ring (bicyclic) bond motifs is 1. The highest BCUT2D eigenvalue weighted by atomic mass is 32.2. The predicted molar refractivity (Wildman–Crippen MR) is 375 cm³/mol. The van der Waals surface area contributed by atoms with E-state index in [1.54, 1.807) is 62.5 Å². The quantitative estimate of drug-likeness (QED) is 0.0205. The number of hydrogen-bond donors (Lipinski definition) is 17. The van der Waals surface area contributed by atoms with Crippen LogP contribution in [0.2, 0.25) is 0 Å². The third-order valence-corrected chi connectivity index (χ3v) is 18.3. The summed E-state index contributed by atoms with van der Waals surface area (Å²) < 4.78 is 11.8. The molecule has 0 aliphatic carbocycles. The van der Waals surface area contributed by atoms with Crippen molar-refractivity contribution in [3.63, 3.8) is 0 Å². The second-order valence-corrected chi connectivity index (χ2v) is 27.5. The van der Waals surface area contributed by atoms with Crippen LogP contribution in [0.3, 0.4) is 0 Å². The largest absolute Gasteiger partial charge is 0.481 e. The fourth-order valence-electron chi connectivity index (χ4n) is 11.6. The van der Waals surface area contributed by atoms with E-state index >= 15 is 4.79 Å². The number of aliphatic hydroxyl groups excluding tert-OH is 1.